The summed E-state index contributed by atoms with van der Waals surface area (Å²) in [5.41, 5.74) is 9.53. The lowest BCUT2D eigenvalue weighted by Gasteiger charge is -2.11. The van der Waals surface area contributed by atoms with Gasteiger partial charge >= 0.3 is 0 Å². The molecule has 8 heteroatoms. The molecular formula is C13H9ClF3N3O. The number of nitrogen functional groups attached to an aromatic ring is 2. The molecule has 0 radical (unpaired) electrons. The Balaban J connectivity index is 2.35. The van der Waals surface area contributed by atoms with E-state index in [4.69, 9.17) is 23.1 Å². The lowest BCUT2D eigenvalue weighted by Crippen LogP contribution is -2.16. The van der Waals surface area contributed by atoms with Crippen molar-refractivity contribution in [3.8, 4) is 0 Å². The number of nitrogens with two attached hydrogens (primary N) is 2. The van der Waals surface area contributed by atoms with Gasteiger partial charge in [-0.1, -0.05) is 11.6 Å². The van der Waals surface area contributed by atoms with E-state index >= 15 is 0 Å². The lowest BCUT2D eigenvalue weighted by molar-refractivity contribution is 0.102. The van der Waals surface area contributed by atoms with E-state index in [-0.39, 0.29) is 22.0 Å². The van der Waals surface area contributed by atoms with E-state index in [1.807, 2.05) is 0 Å². The zero-order valence-corrected chi connectivity index (χ0v) is 11.1. The third-order valence-electron chi connectivity index (χ3n) is 2.72. The first-order valence-electron chi connectivity index (χ1n) is 5.60. The molecule has 2 aromatic rings. The number of benzene rings is 2. The number of rotatable bonds is 2. The molecule has 0 aliphatic heterocycles. The van der Waals surface area contributed by atoms with Gasteiger partial charge in [-0.25, -0.2) is 13.2 Å². The molecule has 0 aliphatic carbocycles. The maximum atomic E-state index is 13.3. The Bertz CT molecular complexity index is 737. The number of amides is 1. The number of carbonyl (C=O) groups is 1. The Labute approximate surface area is 122 Å². The Morgan fingerprint density at radius 3 is 2.33 bits per heavy atom. The number of hydrogen-bond donors (Lipinski definition) is 3. The summed E-state index contributed by atoms with van der Waals surface area (Å²) in [5, 5.41) is 2.12. The van der Waals surface area contributed by atoms with Crippen LogP contribution in [0.15, 0.2) is 24.3 Å². The molecule has 0 bridgehead atoms. The van der Waals surface area contributed by atoms with Crippen LogP contribution in [0.25, 0.3) is 0 Å². The second kappa shape index (κ2) is 5.53. The second-order valence-electron chi connectivity index (χ2n) is 4.13. The Morgan fingerprint density at radius 1 is 1.05 bits per heavy atom. The molecule has 2 rings (SSSR count). The molecule has 0 heterocycles. The molecule has 2 aromatic carbocycles. The van der Waals surface area contributed by atoms with Crippen LogP contribution in [-0.2, 0) is 0 Å². The summed E-state index contributed by atoms with van der Waals surface area (Å²) in [7, 11) is 0. The van der Waals surface area contributed by atoms with Crippen LogP contribution in [0, 0.1) is 17.5 Å². The molecule has 21 heavy (non-hydrogen) atoms. The van der Waals surface area contributed by atoms with Crippen LogP contribution in [-0.4, -0.2) is 5.91 Å². The highest BCUT2D eigenvalue weighted by atomic mass is 35.5. The maximum absolute atomic E-state index is 13.3. The third-order valence-corrected chi connectivity index (χ3v) is 3.01. The highest BCUT2D eigenvalue weighted by Crippen LogP contribution is 2.27. The Kier molecular flexibility index (Phi) is 3.95. The lowest BCUT2D eigenvalue weighted by atomic mass is 10.1. The van der Waals surface area contributed by atoms with Crippen molar-refractivity contribution in [1.82, 2.24) is 0 Å². The fourth-order valence-electron chi connectivity index (χ4n) is 1.62. The van der Waals surface area contributed by atoms with Gasteiger partial charge in [0.15, 0.2) is 11.6 Å². The van der Waals surface area contributed by atoms with Crippen LogP contribution in [0.2, 0.25) is 5.02 Å². The zero-order chi connectivity index (χ0) is 15.7. The quantitative estimate of drug-likeness (QED) is 0.744. The van der Waals surface area contributed by atoms with E-state index in [1.54, 1.807) is 0 Å². The Hall–Kier alpha value is -2.41. The SMILES string of the molecule is Nc1c(C(=O)Nc2ccc(F)c(Cl)c2)cc(F)c(F)c1N. The molecule has 0 saturated carbocycles. The van der Waals surface area contributed by atoms with Gasteiger partial charge in [-0.15, -0.1) is 0 Å². The summed E-state index contributed by atoms with van der Waals surface area (Å²) in [5.74, 6) is -4.12. The Morgan fingerprint density at radius 2 is 1.71 bits per heavy atom. The highest BCUT2D eigenvalue weighted by Gasteiger charge is 2.19. The number of carbonyl (C=O) groups excluding carboxylic acids is 1. The molecule has 1 amide bonds. The van der Waals surface area contributed by atoms with E-state index < -0.39 is 29.0 Å². The minimum Gasteiger partial charge on any atom is -0.396 e. The van der Waals surface area contributed by atoms with Gasteiger partial charge in [-0.3, -0.25) is 4.79 Å². The van der Waals surface area contributed by atoms with Crippen molar-refractivity contribution in [2.24, 2.45) is 0 Å². The third kappa shape index (κ3) is 2.87. The monoisotopic (exact) mass is 315 g/mol. The zero-order valence-electron chi connectivity index (χ0n) is 10.4. The van der Waals surface area contributed by atoms with Crippen LogP contribution in [0.3, 0.4) is 0 Å². The molecule has 0 fully saturated rings. The molecule has 0 saturated heterocycles. The van der Waals surface area contributed by atoms with E-state index in [9.17, 15) is 18.0 Å². The summed E-state index contributed by atoms with van der Waals surface area (Å²) in [6.07, 6.45) is 0. The van der Waals surface area contributed by atoms with Crippen molar-refractivity contribution in [2.45, 2.75) is 0 Å². The van der Waals surface area contributed by atoms with Gasteiger partial charge in [0, 0.05) is 5.69 Å². The van der Waals surface area contributed by atoms with Crippen LogP contribution < -0.4 is 16.8 Å². The van der Waals surface area contributed by atoms with Gasteiger partial charge in [-0.2, -0.15) is 0 Å². The van der Waals surface area contributed by atoms with Crippen molar-refractivity contribution in [3.63, 3.8) is 0 Å². The molecule has 0 unspecified atom stereocenters. The summed E-state index contributed by atoms with van der Waals surface area (Å²) < 4.78 is 39.5. The minimum atomic E-state index is -1.33. The van der Waals surface area contributed by atoms with Crippen molar-refractivity contribution >= 4 is 34.6 Å². The predicted octanol–water partition coefficient (Wildman–Crippen LogP) is 3.17. The average Bonchev–Trinajstić information content (AvgIpc) is 2.44. The van der Waals surface area contributed by atoms with Gasteiger partial charge in [0.2, 0.25) is 0 Å². The first-order chi connectivity index (χ1) is 9.81. The van der Waals surface area contributed by atoms with Crippen LogP contribution in [0.1, 0.15) is 10.4 Å². The normalized spacial score (nSPS) is 10.5. The van der Waals surface area contributed by atoms with Gasteiger partial charge in [-0.05, 0) is 24.3 Å². The number of nitrogens with one attached hydrogen (secondary N) is 1. The van der Waals surface area contributed by atoms with Crippen molar-refractivity contribution < 1.29 is 18.0 Å². The summed E-state index contributed by atoms with van der Waals surface area (Å²) >= 11 is 5.57. The molecule has 4 nitrogen and oxygen atoms in total. The molecule has 0 spiro atoms. The van der Waals surface area contributed by atoms with Crippen LogP contribution in [0.5, 0.6) is 0 Å². The second-order valence-corrected chi connectivity index (χ2v) is 4.54. The van der Waals surface area contributed by atoms with Crippen LogP contribution in [0.4, 0.5) is 30.2 Å². The van der Waals surface area contributed by atoms with E-state index in [2.05, 4.69) is 5.32 Å². The van der Waals surface area contributed by atoms with E-state index in [0.717, 1.165) is 12.1 Å². The molecule has 0 aliphatic rings. The number of anilines is 3. The summed E-state index contributed by atoms with van der Waals surface area (Å²) in [4.78, 5) is 12.0. The fraction of sp³-hybridized carbons (Fsp3) is 0. The van der Waals surface area contributed by atoms with Gasteiger partial charge < -0.3 is 16.8 Å². The van der Waals surface area contributed by atoms with Gasteiger partial charge in [0.25, 0.3) is 5.91 Å². The number of hydrogen-bond acceptors (Lipinski definition) is 3. The standard InChI is InChI=1S/C13H9ClF3N3O/c14-7-3-5(1-2-8(7)15)20-13(21)6-4-9(16)10(17)12(19)11(6)18/h1-4H,18-19H2,(H,20,21). The predicted molar refractivity (Wildman–Crippen MR) is 74.5 cm³/mol. The average molecular weight is 316 g/mol. The largest absolute Gasteiger partial charge is 0.396 e. The molecule has 0 atom stereocenters. The molecule has 5 N–H and O–H groups in total. The highest BCUT2D eigenvalue weighted by molar-refractivity contribution is 6.31. The molecule has 110 valence electrons. The van der Waals surface area contributed by atoms with Crippen molar-refractivity contribution in [3.05, 3.63) is 52.3 Å². The van der Waals surface area contributed by atoms with Gasteiger partial charge in [0.05, 0.1) is 22.0 Å². The first-order valence-corrected chi connectivity index (χ1v) is 5.98. The summed E-state index contributed by atoms with van der Waals surface area (Å²) in [6, 6.07) is 4.08. The van der Waals surface area contributed by atoms with E-state index in [0.29, 0.717) is 6.07 Å². The maximum Gasteiger partial charge on any atom is 0.257 e. The number of halogens is 4. The fourth-order valence-corrected chi connectivity index (χ4v) is 1.80. The molecular weight excluding hydrogens is 307 g/mol. The summed E-state index contributed by atoms with van der Waals surface area (Å²) in [6.45, 7) is 0. The van der Waals surface area contributed by atoms with Gasteiger partial charge in [0.1, 0.15) is 5.82 Å². The smallest absolute Gasteiger partial charge is 0.257 e. The topological polar surface area (TPSA) is 81.1 Å². The van der Waals surface area contributed by atoms with E-state index in [1.165, 1.54) is 6.07 Å². The first kappa shape index (κ1) is 15.0. The van der Waals surface area contributed by atoms with Crippen molar-refractivity contribution in [2.75, 3.05) is 16.8 Å². The minimum absolute atomic E-state index is 0.161. The van der Waals surface area contributed by atoms with Crippen LogP contribution >= 0.6 is 11.6 Å². The van der Waals surface area contributed by atoms with Crippen molar-refractivity contribution in [1.29, 1.82) is 0 Å². The molecule has 0 aromatic heterocycles.